The van der Waals surface area contributed by atoms with Crippen molar-refractivity contribution in [3.8, 4) is 5.75 Å². The summed E-state index contributed by atoms with van der Waals surface area (Å²) in [5, 5.41) is 9.39. The molecule has 98 valence electrons. The smallest absolute Gasteiger partial charge is 0.227 e. The van der Waals surface area contributed by atoms with E-state index in [0.29, 0.717) is 25.6 Å². The first-order chi connectivity index (χ1) is 8.70. The third-order valence-corrected chi connectivity index (χ3v) is 3.47. The van der Waals surface area contributed by atoms with E-state index in [-0.39, 0.29) is 11.7 Å². The van der Waals surface area contributed by atoms with E-state index in [1.54, 1.807) is 18.2 Å². The molecule has 2 rings (SSSR count). The van der Waals surface area contributed by atoms with Crippen molar-refractivity contribution in [2.75, 3.05) is 13.1 Å². The molecule has 0 aliphatic heterocycles. The van der Waals surface area contributed by atoms with Crippen LogP contribution >= 0.6 is 0 Å². The van der Waals surface area contributed by atoms with Gasteiger partial charge in [-0.3, -0.25) is 4.79 Å². The van der Waals surface area contributed by atoms with Crippen LogP contribution in [0.1, 0.15) is 24.8 Å². The van der Waals surface area contributed by atoms with Crippen LogP contribution in [0.2, 0.25) is 0 Å². The quantitative estimate of drug-likeness (QED) is 0.824. The van der Waals surface area contributed by atoms with Crippen LogP contribution in [0.5, 0.6) is 5.75 Å². The number of aromatic hydroxyl groups is 1. The molecule has 1 aromatic carbocycles. The van der Waals surface area contributed by atoms with Gasteiger partial charge in [-0.05, 0) is 37.0 Å². The molecular weight excluding hydrogens is 228 g/mol. The molecule has 4 nitrogen and oxygen atoms in total. The van der Waals surface area contributed by atoms with Gasteiger partial charge < -0.3 is 15.7 Å². The number of carbonyl (C=O) groups is 1. The van der Waals surface area contributed by atoms with Crippen LogP contribution < -0.4 is 5.73 Å². The molecule has 3 N–H and O–H groups in total. The fourth-order valence-corrected chi connectivity index (χ4v) is 2.29. The molecule has 1 amide bonds. The van der Waals surface area contributed by atoms with Gasteiger partial charge in [0.2, 0.25) is 5.91 Å². The van der Waals surface area contributed by atoms with Gasteiger partial charge in [-0.15, -0.1) is 0 Å². The molecule has 1 fully saturated rings. The van der Waals surface area contributed by atoms with Gasteiger partial charge in [0.15, 0.2) is 0 Å². The normalized spacial score (nSPS) is 15.2. The first kappa shape index (κ1) is 12.9. The summed E-state index contributed by atoms with van der Waals surface area (Å²) >= 11 is 0. The zero-order chi connectivity index (χ0) is 13.0. The second-order valence-corrected chi connectivity index (χ2v) is 4.81. The molecule has 0 bridgehead atoms. The van der Waals surface area contributed by atoms with Crippen LogP contribution in [-0.2, 0) is 11.2 Å². The molecule has 0 unspecified atom stereocenters. The summed E-state index contributed by atoms with van der Waals surface area (Å²) in [7, 11) is 0. The van der Waals surface area contributed by atoms with Gasteiger partial charge in [-0.1, -0.05) is 12.1 Å². The molecule has 0 aromatic heterocycles. The van der Waals surface area contributed by atoms with E-state index < -0.39 is 0 Å². The lowest BCUT2D eigenvalue weighted by atomic mass is 9.91. The summed E-state index contributed by atoms with van der Waals surface area (Å²) in [6, 6.07) is 7.24. The van der Waals surface area contributed by atoms with E-state index in [9.17, 15) is 9.90 Å². The Kier molecular flexibility index (Phi) is 4.20. The van der Waals surface area contributed by atoms with Crippen molar-refractivity contribution < 1.29 is 9.90 Å². The standard InChI is InChI=1S/C14H20N2O2/c15-7-8-16(12-4-2-5-12)14(18)10-11-3-1-6-13(17)9-11/h1,3,6,9,12,17H,2,4-5,7-8,10,15H2. The Morgan fingerprint density at radius 1 is 1.44 bits per heavy atom. The Labute approximate surface area is 107 Å². The van der Waals surface area contributed by atoms with Crippen LogP contribution in [0.15, 0.2) is 24.3 Å². The predicted molar refractivity (Wildman–Crippen MR) is 70.2 cm³/mol. The third kappa shape index (κ3) is 3.01. The van der Waals surface area contributed by atoms with Gasteiger partial charge in [0.05, 0.1) is 6.42 Å². The number of phenolic OH excluding ortho intramolecular Hbond substituents is 1. The minimum Gasteiger partial charge on any atom is -0.508 e. The molecule has 0 spiro atoms. The highest BCUT2D eigenvalue weighted by molar-refractivity contribution is 5.79. The minimum atomic E-state index is 0.107. The number of phenols is 1. The number of rotatable bonds is 5. The van der Waals surface area contributed by atoms with E-state index >= 15 is 0 Å². The number of carbonyl (C=O) groups excluding carboxylic acids is 1. The van der Waals surface area contributed by atoms with Crippen molar-refractivity contribution in [3.63, 3.8) is 0 Å². The third-order valence-electron chi connectivity index (χ3n) is 3.47. The van der Waals surface area contributed by atoms with E-state index in [4.69, 9.17) is 5.73 Å². The van der Waals surface area contributed by atoms with Crippen molar-refractivity contribution in [1.29, 1.82) is 0 Å². The van der Waals surface area contributed by atoms with Gasteiger partial charge in [0, 0.05) is 19.1 Å². The summed E-state index contributed by atoms with van der Waals surface area (Å²) in [5.41, 5.74) is 6.42. The van der Waals surface area contributed by atoms with Gasteiger partial charge >= 0.3 is 0 Å². The molecule has 4 heteroatoms. The number of nitrogens with zero attached hydrogens (tertiary/aromatic N) is 1. The lowest BCUT2D eigenvalue weighted by Crippen LogP contribution is -2.47. The van der Waals surface area contributed by atoms with Crippen LogP contribution in [-0.4, -0.2) is 35.0 Å². The zero-order valence-electron chi connectivity index (χ0n) is 10.5. The Hall–Kier alpha value is -1.55. The first-order valence-corrected chi connectivity index (χ1v) is 6.48. The average Bonchev–Trinajstić information content (AvgIpc) is 2.26. The highest BCUT2D eigenvalue weighted by Gasteiger charge is 2.27. The Balaban J connectivity index is 2.00. The maximum absolute atomic E-state index is 12.2. The number of hydrogen-bond acceptors (Lipinski definition) is 3. The number of hydrogen-bond donors (Lipinski definition) is 2. The molecule has 18 heavy (non-hydrogen) atoms. The molecule has 0 radical (unpaired) electrons. The van der Waals surface area contributed by atoms with Crippen LogP contribution in [0, 0.1) is 0 Å². The van der Waals surface area contributed by atoms with Gasteiger partial charge in [-0.25, -0.2) is 0 Å². The van der Waals surface area contributed by atoms with Crippen molar-refractivity contribution in [2.24, 2.45) is 5.73 Å². The zero-order valence-corrected chi connectivity index (χ0v) is 10.5. The molecule has 0 saturated heterocycles. The highest BCUT2D eigenvalue weighted by atomic mass is 16.3. The fraction of sp³-hybridized carbons (Fsp3) is 0.500. The Bertz CT molecular complexity index is 416. The van der Waals surface area contributed by atoms with E-state index in [2.05, 4.69) is 0 Å². The fourth-order valence-electron chi connectivity index (χ4n) is 2.29. The summed E-state index contributed by atoms with van der Waals surface area (Å²) < 4.78 is 0. The largest absolute Gasteiger partial charge is 0.508 e. The second-order valence-electron chi connectivity index (χ2n) is 4.81. The molecule has 1 aliphatic carbocycles. The maximum atomic E-state index is 12.2. The van der Waals surface area contributed by atoms with Gasteiger partial charge in [-0.2, -0.15) is 0 Å². The Morgan fingerprint density at radius 3 is 2.78 bits per heavy atom. The lowest BCUT2D eigenvalue weighted by Gasteiger charge is -2.37. The summed E-state index contributed by atoms with van der Waals surface area (Å²) in [4.78, 5) is 14.1. The van der Waals surface area contributed by atoms with Crippen molar-refractivity contribution >= 4 is 5.91 Å². The molecule has 1 aromatic rings. The van der Waals surface area contributed by atoms with E-state index in [0.717, 1.165) is 18.4 Å². The summed E-state index contributed by atoms with van der Waals surface area (Å²) in [5.74, 6) is 0.310. The molecule has 1 aliphatic rings. The lowest BCUT2D eigenvalue weighted by molar-refractivity contribution is -0.134. The predicted octanol–water partition coefficient (Wildman–Crippen LogP) is 1.27. The first-order valence-electron chi connectivity index (χ1n) is 6.48. The van der Waals surface area contributed by atoms with Crippen molar-refractivity contribution in [3.05, 3.63) is 29.8 Å². The average molecular weight is 248 g/mol. The van der Waals surface area contributed by atoms with Crippen molar-refractivity contribution in [2.45, 2.75) is 31.7 Å². The SMILES string of the molecule is NCCN(C(=O)Cc1cccc(O)c1)C1CCC1. The monoisotopic (exact) mass is 248 g/mol. The number of benzene rings is 1. The highest BCUT2D eigenvalue weighted by Crippen LogP contribution is 2.25. The molecule has 1 saturated carbocycles. The Morgan fingerprint density at radius 2 is 2.22 bits per heavy atom. The minimum absolute atomic E-state index is 0.107. The van der Waals surface area contributed by atoms with Crippen LogP contribution in [0.4, 0.5) is 0 Å². The maximum Gasteiger partial charge on any atom is 0.227 e. The summed E-state index contributed by atoms with van der Waals surface area (Å²) in [6.45, 7) is 1.13. The molecule has 0 atom stereocenters. The number of amides is 1. The van der Waals surface area contributed by atoms with Gasteiger partial charge in [0.25, 0.3) is 0 Å². The molecule has 0 heterocycles. The summed E-state index contributed by atoms with van der Waals surface area (Å²) in [6.07, 6.45) is 3.72. The van der Waals surface area contributed by atoms with E-state index in [1.165, 1.54) is 6.42 Å². The molecular formula is C14H20N2O2. The second kappa shape index (κ2) is 5.87. The van der Waals surface area contributed by atoms with Crippen molar-refractivity contribution in [1.82, 2.24) is 4.90 Å². The van der Waals surface area contributed by atoms with Crippen LogP contribution in [0.3, 0.4) is 0 Å². The van der Waals surface area contributed by atoms with Gasteiger partial charge in [0.1, 0.15) is 5.75 Å². The number of nitrogens with two attached hydrogens (primary N) is 1. The van der Waals surface area contributed by atoms with E-state index in [1.807, 2.05) is 11.0 Å². The van der Waals surface area contributed by atoms with Crippen LogP contribution in [0.25, 0.3) is 0 Å². The topological polar surface area (TPSA) is 66.6 Å².